The molecule has 1 aliphatic heterocycles. The summed E-state index contributed by atoms with van der Waals surface area (Å²) in [6.07, 6.45) is 6.74. The Hall–Kier alpha value is -0.0800. The summed E-state index contributed by atoms with van der Waals surface area (Å²) in [5, 5.41) is 0. The number of hydrogen-bond acceptors (Lipinski definition) is 2. The highest BCUT2D eigenvalue weighted by molar-refractivity contribution is 4.77. The van der Waals surface area contributed by atoms with E-state index in [-0.39, 0.29) is 0 Å². The first-order valence-electron chi connectivity index (χ1n) is 6.72. The Morgan fingerprint density at radius 2 is 2.13 bits per heavy atom. The largest absolute Gasteiger partial charge is 0.330 e. The summed E-state index contributed by atoms with van der Waals surface area (Å²) in [6.45, 7) is 9.29. The Morgan fingerprint density at radius 1 is 1.33 bits per heavy atom. The van der Waals surface area contributed by atoms with Crippen molar-refractivity contribution in [3.05, 3.63) is 0 Å². The average Bonchev–Trinajstić information content (AvgIpc) is 2.66. The lowest BCUT2D eigenvalue weighted by Crippen LogP contribution is -2.31. The fourth-order valence-electron chi connectivity index (χ4n) is 2.78. The first kappa shape index (κ1) is 13.0. The van der Waals surface area contributed by atoms with Gasteiger partial charge in [-0.2, -0.15) is 0 Å². The molecule has 2 atom stereocenters. The minimum Gasteiger partial charge on any atom is -0.330 e. The molecule has 0 aromatic heterocycles. The van der Waals surface area contributed by atoms with E-state index in [2.05, 4.69) is 18.7 Å². The molecule has 0 saturated carbocycles. The van der Waals surface area contributed by atoms with Crippen LogP contribution in [0.5, 0.6) is 0 Å². The highest BCUT2D eigenvalue weighted by Crippen LogP contribution is 2.22. The molecular weight excluding hydrogens is 184 g/mol. The topological polar surface area (TPSA) is 29.3 Å². The number of nitrogens with zero attached hydrogens (tertiary/aromatic N) is 1. The van der Waals surface area contributed by atoms with Gasteiger partial charge in [0.2, 0.25) is 0 Å². The quantitative estimate of drug-likeness (QED) is 0.702. The van der Waals surface area contributed by atoms with Crippen LogP contribution in [0.2, 0.25) is 0 Å². The van der Waals surface area contributed by atoms with Crippen LogP contribution in [0.15, 0.2) is 0 Å². The van der Waals surface area contributed by atoms with Crippen LogP contribution in [0, 0.1) is 11.8 Å². The molecule has 1 saturated heterocycles. The van der Waals surface area contributed by atoms with Gasteiger partial charge in [-0.25, -0.2) is 0 Å². The Kier molecular flexibility index (Phi) is 6.26. The molecule has 1 heterocycles. The zero-order valence-corrected chi connectivity index (χ0v) is 10.5. The van der Waals surface area contributed by atoms with Crippen LogP contribution < -0.4 is 5.73 Å². The van der Waals surface area contributed by atoms with E-state index in [1.54, 1.807) is 0 Å². The molecule has 0 aromatic carbocycles. The normalized spacial score (nSPS) is 24.6. The maximum Gasteiger partial charge on any atom is 0.00218 e. The zero-order valence-electron chi connectivity index (χ0n) is 10.5. The lowest BCUT2D eigenvalue weighted by Gasteiger charge is -2.22. The van der Waals surface area contributed by atoms with E-state index >= 15 is 0 Å². The Labute approximate surface area is 95.2 Å². The van der Waals surface area contributed by atoms with Crippen molar-refractivity contribution in [3.8, 4) is 0 Å². The van der Waals surface area contributed by atoms with Gasteiger partial charge in [-0.05, 0) is 44.2 Å². The Bertz CT molecular complexity index is 159. The SMILES string of the molecule is CCCC(CN)CN1CCC(CCC)C1. The molecule has 2 nitrogen and oxygen atoms in total. The summed E-state index contributed by atoms with van der Waals surface area (Å²) in [6, 6.07) is 0. The maximum atomic E-state index is 5.80. The van der Waals surface area contributed by atoms with Crippen LogP contribution in [-0.2, 0) is 0 Å². The van der Waals surface area contributed by atoms with Gasteiger partial charge in [-0.3, -0.25) is 0 Å². The molecule has 0 radical (unpaired) electrons. The molecule has 90 valence electrons. The van der Waals surface area contributed by atoms with E-state index in [0.717, 1.165) is 18.4 Å². The molecule has 2 N–H and O–H groups in total. The molecule has 0 aliphatic carbocycles. The first-order valence-corrected chi connectivity index (χ1v) is 6.72. The van der Waals surface area contributed by atoms with Crippen LogP contribution in [-0.4, -0.2) is 31.1 Å². The van der Waals surface area contributed by atoms with Crippen LogP contribution in [0.1, 0.15) is 46.0 Å². The first-order chi connectivity index (χ1) is 7.30. The van der Waals surface area contributed by atoms with E-state index in [1.807, 2.05) is 0 Å². The summed E-state index contributed by atoms with van der Waals surface area (Å²) in [7, 11) is 0. The summed E-state index contributed by atoms with van der Waals surface area (Å²) >= 11 is 0. The minimum absolute atomic E-state index is 0.732. The predicted octanol–water partition coefficient (Wildman–Crippen LogP) is 2.48. The third-order valence-electron chi connectivity index (χ3n) is 3.61. The van der Waals surface area contributed by atoms with Crippen molar-refractivity contribution >= 4 is 0 Å². The number of rotatable bonds is 7. The van der Waals surface area contributed by atoms with Crippen LogP contribution >= 0.6 is 0 Å². The second-order valence-corrected chi connectivity index (χ2v) is 5.09. The van der Waals surface area contributed by atoms with Gasteiger partial charge >= 0.3 is 0 Å². The number of nitrogens with two attached hydrogens (primary N) is 1. The predicted molar refractivity (Wildman–Crippen MR) is 66.9 cm³/mol. The van der Waals surface area contributed by atoms with Crippen molar-refractivity contribution in [2.45, 2.75) is 46.0 Å². The second-order valence-electron chi connectivity index (χ2n) is 5.09. The standard InChI is InChI=1S/C13H28N2/c1-3-5-12-7-8-15(10-12)11-13(9-14)6-4-2/h12-13H,3-11,14H2,1-2H3. The van der Waals surface area contributed by atoms with Gasteiger partial charge in [0.15, 0.2) is 0 Å². The van der Waals surface area contributed by atoms with Crippen LogP contribution in [0.4, 0.5) is 0 Å². The summed E-state index contributed by atoms with van der Waals surface area (Å²) in [5.74, 6) is 1.70. The van der Waals surface area contributed by atoms with Crippen molar-refractivity contribution in [2.75, 3.05) is 26.2 Å². The van der Waals surface area contributed by atoms with Gasteiger partial charge in [-0.1, -0.05) is 26.7 Å². The zero-order chi connectivity index (χ0) is 11.1. The third-order valence-corrected chi connectivity index (χ3v) is 3.61. The van der Waals surface area contributed by atoms with Gasteiger partial charge in [0.1, 0.15) is 0 Å². The van der Waals surface area contributed by atoms with Crippen LogP contribution in [0.25, 0.3) is 0 Å². The summed E-state index contributed by atoms with van der Waals surface area (Å²) < 4.78 is 0. The van der Waals surface area contributed by atoms with Gasteiger partial charge in [0, 0.05) is 13.1 Å². The fourth-order valence-corrected chi connectivity index (χ4v) is 2.78. The van der Waals surface area contributed by atoms with Crippen LogP contribution in [0.3, 0.4) is 0 Å². The maximum absolute atomic E-state index is 5.80. The molecule has 2 unspecified atom stereocenters. The molecular formula is C13H28N2. The van der Waals surface area contributed by atoms with E-state index in [4.69, 9.17) is 5.73 Å². The average molecular weight is 212 g/mol. The summed E-state index contributed by atoms with van der Waals surface area (Å²) in [4.78, 5) is 2.63. The van der Waals surface area contributed by atoms with Crippen molar-refractivity contribution in [1.29, 1.82) is 0 Å². The van der Waals surface area contributed by atoms with Crippen molar-refractivity contribution in [1.82, 2.24) is 4.90 Å². The Morgan fingerprint density at radius 3 is 2.73 bits per heavy atom. The van der Waals surface area contributed by atoms with E-state index in [0.29, 0.717) is 0 Å². The lowest BCUT2D eigenvalue weighted by atomic mass is 10.0. The molecule has 0 aromatic rings. The number of likely N-dealkylation sites (tertiary alicyclic amines) is 1. The Balaban J connectivity index is 2.21. The van der Waals surface area contributed by atoms with E-state index in [1.165, 1.54) is 51.7 Å². The molecule has 0 spiro atoms. The van der Waals surface area contributed by atoms with Crippen molar-refractivity contribution in [2.24, 2.45) is 17.6 Å². The van der Waals surface area contributed by atoms with Gasteiger partial charge in [-0.15, -0.1) is 0 Å². The molecule has 1 aliphatic rings. The highest BCUT2D eigenvalue weighted by atomic mass is 15.1. The molecule has 0 amide bonds. The van der Waals surface area contributed by atoms with Gasteiger partial charge < -0.3 is 10.6 Å². The molecule has 0 bridgehead atoms. The molecule has 1 fully saturated rings. The minimum atomic E-state index is 0.732. The monoisotopic (exact) mass is 212 g/mol. The number of hydrogen-bond donors (Lipinski definition) is 1. The van der Waals surface area contributed by atoms with E-state index in [9.17, 15) is 0 Å². The highest BCUT2D eigenvalue weighted by Gasteiger charge is 2.23. The molecule has 1 rings (SSSR count). The lowest BCUT2D eigenvalue weighted by molar-refractivity contribution is 0.260. The molecule has 2 heteroatoms. The van der Waals surface area contributed by atoms with Gasteiger partial charge in [0.05, 0.1) is 0 Å². The third kappa shape index (κ3) is 4.52. The van der Waals surface area contributed by atoms with Crippen molar-refractivity contribution in [3.63, 3.8) is 0 Å². The fraction of sp³-hybridized carbons (Fsp3) is 1.00. The smallest absolute Gasteiger partial charge is 0.00218 e. The molecule has 15 heavy (non-hydrogen) atoms. The van der Waals surface area contributed by atoms with E-state index < -0.39 is 0 Å². The summed E-state index contributed by atoms with van der Waals surface area (Å²) in [5.41, 5.74) is 5.80. The second kappa shape index (κ2) is 7.24. The van der Waals surface area contributed by atoms with Crippen molar-refractivity contribution < 1.29 is 0 Å². The van der Waals surface area contributed by atoms with Gasteiger partial charge in [0.25, 0.3) is 0 Å².